The van der Waals surface area contributed by atoms with Crippen LogP contribution in [0.2, 0.25) is 0 Å². The highest BCUT2D eigenvalue weighted by atomic mass is 16.3. The van der Waals surface area contributed by atoms with Crippen molar-refractivity contribution in [2.24, 2.45) is 0 Å². The zero-order valence-corrected chi connectivity index (χ0v) is 27.9. The minimum absolute atomic E-state index is 0.582. The van der Waals surface area contributed by atoms with Crippen LogP contribution in [0.4, 0.5) is 17.1 Å². The molecule has 0 amide bonds. The molecule has 1 aliphatic rings. The first kappa shape index (κ1) is 28.7. The summed E-state index contributed by atoms with van der Waals surface area (Å²) in [5.41, 5.74) is 9.99. The van der Waals surface area contributed by atoms with E-state index in [1.54, 1.807) is 0 Å². The van der Waals surface area contributed by atoms with Crippen molar-refractivity contribution in [3.05, 3.63) is 170 Å². The molecule has 52 heavy (non-hydrogen) atoms. The van der Waals surface area contributed by atoms with Gasteiger partial charge in [0.2, 0.25) is 0 Å². The second-order valence-corrected chi connectivity index (χ2v) is 13.2. The summed E-state index contributed by atoms with van der Waals surface area (Å²) < 4.78 is 6.28. The SMILES string of the molecule is c1ccc(-c2nc(-c3ccc4c(c3)oc3ccccc34)nc(-c3ccccc3N3c4cc5ccccc5cc4-c4cccc5cccc3c45)n2)cc1. The first-order valence-electron chi connectivity index (χ1n) is 17.4. The predicted molar refractivity (Wildman–Crippen MR) is 212 cm³/mol. The van der Waals surface area contributed by atoms with E-state index in [0.29, 0.717) is 17.5 Å². The second-order valence-electron chi connectivity index (χ2n) is 13.2. The number of rotatable bonds is 4. The minimum atomic E-state index is 0.582. The lowest BCUT2D eigenvalue weighted by atomic mass is 9.89. The quantitative estimate of drug-likeness (QED) is 0.187. The molecule has 3 heterocycles. The van der Waals surface area contributed by atoms with Crippen LogP contribution in [0.5, 0.6) is 0 Å². The zero-order valence-electron chi connectivity index (χ0n) is 27.9. The van der Waals surface area contributed by atoms with Crippen LogP contribution in [0, 0.1) is 0 Å². The molecule has 0 atom stereocenters. The zero-order chi connectivity index (χ0) is 34.2. The van der Waals surface area contributed by atoms with E-state index in [9.17, 15) is 0 Å². The lowest BCUT2D eigenvalue weighted by Gasteiger charge is -2.34. The van der Waals surface area contributed by atoms with E-state index in [2.05, 4.69) is 120 Å². The van der Waals surface area contributed by atoms with Crippen molar-refractivity contribution in [3.63, 3.8) is 0 Å². The van der Waals surface area contributed by atoms with Crippen molar-refractivity contribution < 1.29 is 4.42 Å². The van der Waals surface area contributed by atoms with E-state index >= 15 is 0 Å². The second kappa shape index (κ2) is 11.2. The Morgan fingerprint density at radius 1 is 0.365 bits per heavy atom. The fraction of sp³-hybridized carbons (Fsp3) is 0. The summed E-state index contributed by atoms with van der Waals surface area (Å²) in [6.45, 7) is 0. The molecule has 0 saturated carbocycles. The molecule has 11 rings (SSSR count). The van der Waals surface area contributed by atoms with Gasteiger partial charge in [0.1, 0.15) is 11.2 Å². The highest BCUT2D eigenvalue weighted by Gasteiger charge is 2.29. The van der Waals surface area contributed by atoms with Gasteiger partial charge in [0.15, 0.2) is 17.5 Å². The third kappa shape index (κ3) is 4.39. The number of hydrogen-bond donors (Lipinski definition) is 0. The van der Waals surface area contributed by atoms with Gasteiger partial charge in [-0.05, 0) is 70.3 Å². The fourth-order valence-corrected chi connectivity index (χ4v) is 7.81. The molecular formula is C47H28N4O. The summed E-state index contributed by atoms with van der Waals surface area (Å²) in [5, 5.41) is 6.97. The van der Waals surface area contributed by atoms with Gasteiger partial charge in [0.25, 0.3) is 0 Å². The molecule has 5 heteroatoms. The lowest BCUT2D eigenvalue weighted by Crippen LogP contribution is -2.16. The van der Waals surface area contributed by atoms with Crippen LogP contribution in [0.15, 0.2) is 174 Å². The van der Waals surface area contributed by atoms with Gasteiger partial charge in [-0.25, -0.2) is 15.0 Å². The van der Waals surface area contributed by atoms with Crippen LogP contribution in [-0.2, 0) is 0 Å². The van der Waals surface area contributed by atoms with Crippen LogP contribution in [0.25, 0.3) is 88.8 Å². The van der Waals surface area contributed by atoms with Crippen molar-refractivity contribution in [2.75, 3.05) is 4.90 Å². The van der Waals surface area contributed by atoms with Crippen LogP contribution in [0.3, 0.4) is 0 Å². The monoisotopic (exact) mass is 664 g/mol. The summed E-state index contributed by atoms with van der Waals surface area (Å²) in [6, 6.07) is 59.3. The average Bonchev–Trinajstić information content (AvgIpc) is 3.59. The molecule has 0 spiro atoms. The van der Waals surface area contributed by atoms with Crippen molar-refractivity contribution in [2.45, 2.75) is 0 Å². The molecule has 5 nitrogen and oxygen atoms in total. The Bertz CT molecular complexity index is 3030. The molecule has 242 valence electrons. The Hall–Kier alpha value is -7.11. The normalized spacial score (nSPS) is 12.2. The van der Waals surface area contributed by atoms with Crippen molar-refractivity contribution in [1.29, 1.82) is 0 Å². The van der Waals surface area contributed by atoms with E-state index in [-0.39, 0.29) is 0 Å². The third-order valence-corrected chi connectivity index (χ3v) is 10.2. The molecule has 0 unspecified atom stereocenters. The number of anilines is 3. The smallest absolute Gasteiger partial charge is 0.166 e. The maximum Gasteiger partial charge on any atom is 0.166 e. The molecule has 8 aromatic carbocycles. The van der Waals surface area contributed by atoms with Gasteiger partial charge in [-0.2, -0.15) is 0 Å². The van der Waals surface area contributed by atoms with Crippen molar-refractivity contribution in [1.82, 2.24) is 15.0 Å². The van der Waals surface area contributed by atoms with Gasteiger partial charge in [-0.1, -0.05) is 121 Å². The van der Waals surface area contributed by atoms with Gasteiger partial charge in [0.05, 0.1) is 17.1 Å². The van der Waals surface area contributed by atoms with Crippen LogP contribution >= 0.6 is 0 Å². The van der Waals surface area contributed by atoms with E-state index < -0.39 is 0 Å². The van der Waals surface area contributed by atoms with E-state index in [1.807, 2.05) is 54.6 Å². The van der Waals surface area contributed by atoms with Gasteiger partial charge in [-0.3, -0.25) is 0 Å². The topological polar surface area (TPSA) is 55.1 Å². The number of nitrogens with zero attached hydrogens (tertiary/aromatic N) is 4. The Kier molecular flexibility index (Phi) is 6.18. The molecule has 0 bridgehead atoms. The van der Waals surface area contributed by atoms with Crippen molar-refractivity contribution in [3.8, 4) is 45.3 Å². The molecule has 10 aromatic rings. The Balaban J connectivity index is 1.16. The Labute approximate surface area is 299 Å². The number of benzene rings is 8. The number of hydrogen-bond acceptors (Lipinski definition) is 5. The number of aromatic nitrogens is 3. The highest BCUT2D eigenvalue weighted by molar-refractivity contribution is 6.16. The molecule has 1 aliphatic heterocycles. The van der Waals surface area contributed by atoms with Crippen LogP contribution < -0.4 is 4.90 Å². The van der Waals surface area contributed by atoms with Gasteiger partial charge >= 0.3 is 0 Å². The Morgan fingerprint density at radius 2 is 1.00 bits per heavy atom. The summed E-state index contributed by atoms with van der Waals surface area (Å²) in [5.74, 6) is 1.79. The van der Waals surface area contributed by atoms with Crippen LogP contribution in [-0.4, -0.2) is 15.0 Å². The maximum absolute atomic E-state index is 6.28. The molecule has 0 fully saturated rings. The molecule has 2 aromatic heterocycles. The first-order valence-corrected chi connectivity index (χ1v) is 17.4. The first-order chi connectivity index (χ1) is 25.8. The fourth-order valence-electron chi connectivity index (χ4n) is 7.81. The van der Waals surface area contributed by atoms with Gasteiger partial charge in [0, 0.05) is 38.4 Å². The lowest BCUT2D eigenvalue weighted by molar-refractivity contribution is 0.669. The van der Waals surface area contributed by atoms with E-state index in [1.165, 1.54) is 32.7 Å². The molecular weight excluding hydrogens is 637 g/mol. The maximum atomic E-state index is 6.28. The van der Waals surface area contributed by atoms with Crippen LogP contribution in [0.1, 0.15) is 0 Å². The summed E-state index contributed by atoms with van der Waals surface area (Å²) in [7, 11) is 0. The number of fused-ring (bicyclic) bond motifs is 6. The third-order valence-electron chi connectivity index (χ3n) is 10.2. The standard InChI is InChI=1S/C47H28N4O/c1-2-12-30(13-3-1)45-48-46(33-24-25-35-34-18-7-9-23-42(34)52-43(35)28-33)50-47(49-45)37-19-6-8-21-39(37)51-40-22-11-17-29-16-10-20-36(44(29)40)38-26-31-14-4-5-15-32(31)27-41(38)51/h1-28H. The summed E-state index contributed by atoms with van der Waals surface area (Å²) in [4.78, 5) is 17.8. The van der Waals surface area contributed by atoms with E-state index in [0.717, 1.165) is 55.7 Å². The minimum Gasteiger partial charge on any atom is -0.456 e. The molecule has 0 radical (unpaired) electrons. The van der Waals surface area contributed by atoms with Gasteiger partial charge in [-0.15, -0.1) is 0 Å². The average molecular weight is 665 g/mol. The van der Waals surface area contributed by atoms with E-state index in [4.69, 9.17) is 19.4 Å². The summed E-state index contributed by atoms with van der Waals surface area (Å²) in [6.07, 6.45) is 0. The predicted octanol–water partition coefficient (Wildman–Crippen LogP) is 12.5. The molecule has 0 N–H and O–H groups in total. The molecule has 0 aliphatic carbocycles. The summed E-state index contributed by atoms with van der Waals surface area (Å²) >= 11 is 0. The van der Waals surface area contributed by atoms with Gasteiger partial charge < -0.3 is 9.32 Å². The largest absolute Gasteiger partial charge is 0.456 e. The van der Waals surface area contributed by atoms with Crippen molar-refractivity contribution >= 4 is 60.5 Å². The highest BCUT2D eigenvalue weighted by Crippen LogP contribution is 2.53. The molecule has 0 saturated heterocycles. The Morgan fingerprint density at radius 3 is 1.88 bits per heavy atom. The number of furan rings is 1. The number of para-hydroxylation sites is 2.